The molecule has 1 aliphatic heterocycles. The third-order valence-corrected chi connectivity index (χ3v) is 2.48. The molecule has 14 heavy (non-hydrogen) atoms. The summed E-state index contributed by atoms with van der Waals surface area (Å²) in [5.41, 5.74) is 0. The first kappa shape index (κ1) is 11.0. The number of hydrogen-bond donors (Lipinski definition) is 0. The Morgan fingerprint density at radius 3 is 2.93 bits per heavy atom. The number of nitrogens with zero attached hydrogens (tertiary/aromatic N) is 1. The standard InChI is InChI=1S/C11H17NO2/c1-3-5-9-7-11(14)12(8-9)10(13)6-4-2/h4,6,9H,3,5,7-8H2,1-2H3/b6-4+. The molecule has 0 aromatic rings. The molecule has 0 aromatic carbocycles. The molecule has 1 heterocycles. The lowest BCUT2D eigenvalue weighted by atomic mass is 10.0. The van der Waals surface area contributed by atoms with Crippen molar-refractivity contribution in [1.29, 1.82) is 0 Å². The second-order valence-electron chi connectivity index (χ2n) is 3.70. The Balaban J connectivity index is 2.56. The van der Waals surface area contributed by atoms with Crippen LogP contribution in [0.15, 0.2) is 12.2 Å². The Hall–Kier alpha value is -1.12. The van der Waals surface area contributed by atoms with E-state index in [0.29, 0.717) is 18.9 Å². The Bertz CT molecular complexity index is 258. The van der Waals surface area contributed by atoms with Crippen molar-refractivity contribution in [2.24, 2.45) is 5.92 Å². The number of likely N-dealkylation sites (tertiary alicyclic amines) is 1. The molecular weight excluding hydrogens is 178 g/mol. The molecule has 0 radical (unpaired) electrons. The van der Waals surface area contributed by atoms with Crippen LogP contribution in [0.5, 0.6) is 0 Å². The maximum atomic E-state index is 11.4. The number of carbonyl (C=O) groups excluding carboxylic acids is 2. The first-order valence-electron chi connectivity index (χ1n) is 5.16. The highest BCUT2D eigenvalue weighted by atomic mass is 16.2. The topological polar surface area (TPSA) is 37.4 Å². The maximum absolute atomic E-state index is 11.4. The van der Waals surface area contributed by atoms with Crippen molar-refractivity contribution in [2.75, 3.05) is 6.54 Å². The number of allylic oxidation sites excluding steroid dienone is 1. The summed E-state index contributed by atoms with van der Waals surface area (Å²) in [5.74, 6) is 0.185. The zero-order chi connectivity index (χ0) is 10.6. The average molecular weight is 195 g/mol. The summed E-state index contributed by atoms with van der Waals surface area (Å²) in [6.07, 6.45) is 5.76. The molecule has 3 nitrogen and oxygen atoms in total. The van der Waals surface area contributed by atoms with Gasteiger partial charge in [-0.05, 0) is 25.3 Å². The van der Waals surface area contributed by atoms with Crippen LogP contribution in [0, 0.1) is 5.92 Å². The lowest BCUT2D eigenvalue weighted by Gasteiger charge is -2.11. The summed E-state index contributed by atoms with van der Waals surface area (Å²) in [7, 11) is 0. The molecule has 0 aromatic heterocycles. The molecule has 1 saturated heterocycles. The van der Waals surface area contributed by atoms with E-state index < -0.39 is 0 Å². The first-order valence-corrected chi connectivity index (χ1v) is 5.16. The van der Waals surface area contributed by atoms with Gasteiger partial charge in [-0.15, -0.1) is 0 Å². The monoisotopic (exact) mass is 195 g/mol. The Kier molecular flexibility index (Phi) is 3.86. The number of rotatable bonds is 3. The second-order valence-corrected chi connectivity index (χ2v) is 3.70. The van der Waals surface area contributed by atoms with E-state index in [9.17, 15) is 9.59 Å². The normalized spacial score (nSPS) is 22.3. The molecule has 2 amide bonds. The van der Waals surface area contributed by atoms with Crippen LogP contribution in [0.3, 0.4) is 0 Å². The molecule has 0 saturated carbocycles. The molecule has 0 aliphatic carbocycles. The fourth-order valence-electron chi connectivity index (χ4n) is 1.83. The highest BCUT2D eigenvalue weighted by molar-refractivity contribution is 6.02. The summed E-state index contributed by atoms with van der Waals surface area (Å²) >= 11 is 0. The minimum atomic E-state index is -0.170. The van der Waals surface area contributed by atoms with E-state index in [-0.39, 0.29) is 11.8 Å². The zero-order valence-corrected chi connectivity index (χ0v) is 8.82. The van der Waals surface area contributed by atoms with Crippen LogP contribution in [0.1, 0.15) is 33.1 Å². The molecule has 78 valence electrons. The maximum Gasteiger partial charge on any atom is 0.252 e. The number of carbonyl (C=O) groups is 2. The average Bonchev–Trinajstić information content (AvgIpc) is 2.48. The van der Waals surface area contributed by atoms with Crippen LogP contribution >= 0.6 is 0 Å². The Labute approximate surface area is 84.8 Å². The third-order valence-electron chi connectivity index (χ3n) is 2.48. The largest absolute Gasteiger partial charge is 0.279 e. The number of hydrogen-bond acceptors (Lipinski definition) is 2. The fraction of sp³-hybridized carbons (Fsp3) is 0.636. The molecule has 0 spiro atoms. The van der Waals surface area contributed by atoms with Gasteiger partial charge in [-0.3, -0.25) is 14.5 Å². The molecule has 3 heteroatoms. The molecule has 1 fully saturated rings. The highest BCUT2D eigenvalue weighted by Crippen LogP contribution is 2.22. The minimum Gasteiger partial charge on any atom is -0.279 e. The molecular formula is C11H17NO2. The van der Waals surface area contributed by atoms with Gasteiger partial charge in [-0.2, -0.15) is 0 Å². The molecule has 1 aliphatic rings. The quantitative estimate of drug-likeness (QED) is 0.643. The highest BCUT2D eigenvalue weighted by Gasteiger charge is 2.31. The van der Waals surface area contributed by atoms with Crippen molar-refractivity contribution in [3.05, 3.63) is 12.2 Å². The number of amides is 2. The lowest BCUT2D eigenvalue weighted by Crippen LogP contribution is -2.30. The van der Waals surface area contributed by atoms with Gasteiger partial charge in [0.1, 0.15) is 0 Å². The van der Waals surface area contributed by atoms with E-state index in [2.05, 4.69) is 6.92 Å². The second kappa shape index (κ2) is 4.94. The molecule has 1 unspecified atom stereocenters. The van der Waals surface area contributed by atoms with Gasteiger partial charge in [-0.1, -0.05) is 19.4 Å². The van der Waals surface area contributed by atoms with Crippen LogP contribution in [0.25, 0.3) is 0 Å². The van der Waals surface area contributed by atoms with E-state index in [1.54, 1.807) is 13.0 Å². The van der Waals surface area contributed by atoms with E-state index >= 15 is 0 Å². The van der Waals surface area contributed by atoms with Gasteiger partial charge >= 0.3 is 0 Å². The van der Waals surface area contributed by atoms with Gasteiger partial charge in [0.25, 0.3) is 5.91 Å². The number of imide groups is 1. The first-order chi connectivity index (χ1) is 6.69. The third kappa shape index (κ3) is 2.44. The summed E-state index contributed by atoms with van der Waals surface area (Å²) in [6.45, 7) is 4.48. The summed E-state index contributed by atoms with van der Waals surface area (Å²) in [5, 5.41) is 0. The fourth-order valence-corrected chi connectivity index (χ4v) is 1.83. The predicted octanol–water partition coefficient (Wildman–Crippen LogP) is 1.74. The summed E-state index contributed by atoms with van der Waals surface area (Å²) in [4.78, 5) is 24.2. The van der Waals surface area contributed by atoms with Gasteiger partial charge < -0.3 is 0 Å². The van der Waals surface area contributed by atoms with Crippen molar-refractivity contribution in [2.45, 2.75) is 33.1 Å². The Morgan fingerprint density at radius 1 is 1.64 bits per heavy atom. The van der Waals surface area contributed by atoms with Gasteiger partial charge in [0.15, 0.2) is 0 Å². The van der Waals surface area contributed by atoms with Crippen molar-refractivity contribution < 1.29 is 9.59 Å². The van der Waals surface area contributed by atoms with Gasteiger partial charge in [0.2, 0.25) is 5.91 Å². The van der Waals surface area contributed by atoms with Crippen molar-refractivity contribution in [3.63, 3.8) is 0 Å². The summed E-state index contributed by atoms with van der Waals surface area (Å²) < 4.78 is 0. The van der Waals surface area contributed by atoms with Crippen LogP contribution in [-0.2, 0) is 9.59 Å². The van der Waals surface area contributed by atoms with Crippen LogP contribution in [-0.4, -0.2) is 23.3 Å². The molecule has 0 N–H and O–H groups in total. The zero-order valence-electron chi connectivity index (χ0n) is 8.82. The van der Waals surface area contributed by atoms with E-state index in [4.69, 9.17) is 0 Å². The Morgan fingerprint density at radius 2 is 2.36 bits per heavy atom. The van der Waals surface area contributed by atoms with E-state index in [1.165, 1.54) is 11.0 Å². The molecule has 1 rings (SSSR count). The lowest BCUT2D eigenvalue weighted by molar-refractivity contribution is -0.138. The van der Waals surface area contributed by atoms with Crippen LogP contribution in [0.4, 0.5) is 0 Å². The van der Waals surface area contributed by atoms with E-state index in [1.807, 2.05) is 0 Å². The molecule has 1 atom stereocenters. The van der Waals surface area contributed by atoms with Gasteiger partial charge in [0, 0.05) is 13.0 Å². The van der Waals surface area contributed by atoms with E-state index in [0.717, 1.165) is 12.8 Å². The SMILES string of the molecule is C/C=C/C(=O)N1CC(CCC)CC1=O. The van der Waals surface area contributed by atoms with Crippen molar-refractivity contribution in [3.8, 4) is 0 Å². The summed E-state index contributed by atoms with van der Waals surface area (Å²) in [6, 6.07) is 0. The van der Waals surface area contributed by atoms with Crippen molar-refractivity contribution >= 4 is 11.8 Å². The smallest absolute Gasteiger partial charge is 0.252 e. The van der Waals surface area contributed by atoms with Crippen LogP contribution < -0.4 is 0 Å². The van der Waals surface area contributed by atoms with Gasteiger partial charge in [0.05, 0.1) is 0 Å². The van der Waals surface area contributed by atoms with Crippen molar-refractivity contribution in [1.82, 2.24) is 4.90 Å². The molecule has 0 bridgehead atoms. The van der Waals surface area contributed by atoms with Crippen LogP contribution in [0.2, 0.25) is 0 Å². The minimum absolute atomic E-state index is 0.0217. The van der Waals surface area contributed by atoms with Gasteiger partial charge in [-0.25, -0.2) is 0 Å². The predicted molar refractivity (Wildman–Crippen MR) is 54.5 cm³/mol.